The normalized spacial score (nSPS) is 24.9. The molecule has 1 aliphatic rings. The van der Waals surface area contributed by atoms with Crippen LogP contribution < -0.4 is 4.74 Å². The van der Waals surface area contributed by atoms with Crippen molar-refractivity contribution in [3.8, 4) is 5.75 Å². The molecule has 1 aromatic rings. The zero-order valence-electron chi connectivity index (χ0n) is 9.74. The Kier molecular flexibility index (Phi) is 3.77. The van der Waals surface area contributed by atoms with Gasteiger partial charge in [0.25, 0.3) is 0 Å². The van der Waals surface area contributed by atoms with Gasteiger partial charge in [0.15, 0.2) is 6.29 Å². The zero-order chi connectivity index (χ0) is 13.2. The third-order valence-corrected chi connectivity index (χ3v) is 2.65. The van der Waals surface area contributed by atoms with E-state index in [1.54, 1.807) is 19.1 Å². The van der Waals surface area contributed by atoms with Crippen molar-refractivity contribution < 1.29 is 27.4 Å². The third-order valence-electron chi connectivity index (χ3n) is 2.65. The summed E-state index contributed by atoms with van der Waals surface area (Å²) in [4.78, 5) is 0. The van der Waals surface area contributed by atoms with Gasteiger partial charge in [-0.3, -0.25) is 0 Å². The molecule has 2 rings (SSSR count). The fourth-order valence-electron chi connectivity index (χ4n) is 1.73. The van der Waals surface area contributed by atoms with Crippen molar-refractivity contribution in [1.29, 1.82) is 0 Å². The summed E-state index contributed by atoms with van der Waals surface area (Å²) in [6, 6.07) is 5.77. The van der Waals surface area contributed by atoms with Crippen LogP contribution in [0.1, 0.15) is 18.4 Å². The Morgan fingerprint density at radius 2 is 1.67 bits per heavy atom. The summed E-state index contributed by atoms with van der Waals surface area (Å²) < 4.78 is 50.4. The second-order valence-electron chi connectivity index (χ2n) is 4.05. The van der Waals surface area contributed by atoms with Gasteiger partial charge >= 0.3 is 6.36 Å². The molecule has 6 heteroatoms. The van der Waals surface area contributed by atoms with E-state index in [2.05, 4.69) is 4.74 Å². The highest BCUT2D eigenvalue weighted by Gasteiger charge is 2.31. The SMILES string of the molecule is CC1OCC(c2ccc(OC(F)(F)F)cc2)CO1. The Morgan fingerprint density at radius 3 is 2.17 bits per heavy atom. The monoisotopic (exact) mass is 262 g/mol. The average Bonchev–Trinajstić information content (AvgIpc) is 2.29. The summed E-state index contributed by atoms with van der Waals surface area (Å²) in [5.41, 5.74) is 0.872. The van der Waals surface area contributed by atoms with Gasteiger partial charge in [0.2, 0.25) is 0 Å². The Morgan fingerprint density at radius 1 is 1.11 bits per heavy atom. The highest BCUT2D eigenvalue weighted by molar-refractivity contribution is 5.29. The van der Waals surface area contributed by atoms with Crippen LogP contribution in [0.15, 0.2) is 24.3 Å². The molecule has 18 heavy (non-hydrogen) atoms. The Labute approximate surface area is 102 Å². The van der Waals surface area contributed by atoms with E-state index in [9.17, 15) is 13.2 Å². The lowest BCUT2D eigenvalue weighted by Crippen LogP contribution is -2.28. The van der Waals surface area contributed by atoms with Crippen LogP contribution in [0.2, 0.25) is 0 Å². The summed E-state index contributed by atoms with van der Waals surface area (Å²) in [7, 11) is 0. The van der Waals surface area contributed by atoms with E-state index in [1.807, 2.05) is 0 Å². The van der Waals surface area contributed by atoms with Crippen molar-refractivity contribution in [2.75, 3.05) is 13.2 Å². The van der Waals surface area contributed by atoms with Crippen LogP contribution in [-0.4, -0.2) is 25.9 Å². The number of benzene rings is 1. The molecule has 1 saturated heterocycles. The smallest absolute Gasteiger partial charge is 0.406 e. The fourth-order valence-corrected chi connectivity index (χ4v) is 1.73. The van der Waals surface area contributed by atoms with Gasteiger partial charge in [0, 0.05) is 5.92 Å². The summed E-state index contributed by atoms with van der Waals surface area (Å²) in [5.74, 6) is -0.182. The van der Waals surface area contributed by atoms with Gasteiger partial charge < -0.3 is 14.2 Å². The molecule has 0 spiro atoms. The number of alkyl halides is 3. The van der Waals surface area contributed by atoms with Crippen LogP contribution >= 0.6 is 0 Å². The maximum Gasteiger partial charge on any atom is 0.573 e. The maximum atomic E-state index is 12.0. The molecule has 1 aliphatic heterocycles. The zero-order valence-corrected chi connectivity index (χ0v) is 9.74. The quantitative estimate of drug-likeness (QED) is 0.819. The van der Waals surface area contributed by atoms with Gasteiger partial charge in [-0.05, 0) is 24.6 Å². The van der Waals surface area contributed by atoms with E-state index in [4.69, 9.17) is 9.47 Å². The van der Waals surface area contributed by atoms with E-state index in [0.29, 0.717) is 13.2 Å². The van der Waals surface area contributed by atoms with Crippen molar-refractivity contribution in [2.24, 2.45) is 0 Å². The highest BCUT2D eigenvalue weighted by atomic mass is 19.4. The van der Waals surface area contributed by atoms with Crippen molar-refractivity contribution in [1.82, 2.24) is 0 Å². The first-order valence-electron chi connectivity index (χ1n) is 5.53. The van der Waals surface area contributed by atoms with Crippen LogP contribution in [0.3, 0.4) is 0 Å². The molecule has 100 valence electrons. The van der Waals surface area contributed by atoms with Gasteiger partial charge in [0.05, 0.1) is 13.2 Å². The van der Waals surface area contributed by atoms with Crippen molar-refractivity contribution in [3.63, 3.8) is 0 Å². The molecule has 0 unspecified atom stereocenters. The van der Waals surface area contributed by atoms with Gasteiger partial charge in [-0.2, -0.15) is 0 Å². The third kappa shape index (κ3) is 3.61. The van der Waals surface area contributed by atoms with Crippen molar-refractivity contribution >= 4 is 0 Å². The number of rotatable bonds is 2. The molecule has 0 bridgehead atoms. The average molecular weight is 262 g/mol. The fraction of sp³-hybridized carbons (Fsp3) is 0.500. The minimum Gasteiger partial charge on any atom is -0.406 e. The molecular formula is C12H13F3O3. The predicted molar refractivity (Wildman–Crippen MR) is 57.2 cm³/mol. The first kappa shape index (κ1) is 13.2. The summed E-state index contributed by atoms with van der Waals surface area (Å²) >= 11 is 0. The van der Waals surface area contributed by atoms with Gasteiger partial charge in [0.1, 0.15) is 5.75 Å². The Bertz CT molecular complexity index is 381. The number of hydrogen-bond donors (Lipinski definition) is 0. The van der Waals surface area contributed by atoms with E-state index >= 15 is 0 Å². The van der Waals surface area contributed by atoms with E-state index in [-0.39, 0.29) is 18.0 Å². The van der Waals surface area contributed by atoms with Crippen LogP contribution in [0.4, 0.5) is 13.2 Å². The van der Waals surface area contributed by atoms with Gasteiger partial charge in [-0.25, -0.2) is 0 Å². The predicted octanol–water partition coefficient (Wildman–Crippen LogP) is 3.06. The van der Waals surface area contributed by atoms with E-state index in [0.717, 1.165) is 5.56 Å². The van der Waals surface area contributed by atoms with E-state index < -0.39 is 6.36 Å². The molecular weight excluding hydrogens is 249 g/mol. The molecule has 0 saturated carbocycles. The second-order valence-corrected chi connectivity index (χ2v) is 4.05. The lowest BCUT2D eigenvalue weighted by Gasteiger charge is -2.27. The minimum absolute atomic E-state index is 0.0427. The van der Waals surface area contributed by atoms with Gasteiger partial charge in [-0.15, -0.1) is 13.2 Å². The molecule has 0 aromatic heterocycles. The molecule has 0 aliphatic carbocycles. The van der Waals surface area contributed by atoms with Crippen LogP contribution in [-0.2, 0) is 9.47 Å². The topological polar surface area (TPSA) is 27.7 Å². The number of hydrogen-bond acceptors (Lipinski definition) is 3. The summed E-state index contributed by atoms with van der Waals surface area (Å²) in [5, 5.41) is 0. The maximum absolute atomic E-state index is 12.0. The van der Waals surface area contributed by atoms with Crippen LogP contribution in [0.25, 0.3) is 0 Å². The first-order valence-corrected chi connectivity index (χ1v) is 5.53. The lowest BCUT2D eigenvalue weighted by atomic mass is 10.0. The first-order chi connectivity index (χ1) is 8.44. The molecule has 0 radical (unpaired) electrons. The van der Waals surface area contributed by atoms with E-state index in [1.165, 1.54) is 12.1 Å². The summed E-state index contributed by atoms with van der Waals surface area (Å²) in [6.07, 6.45) is -4.89. The molecule has 1 heterocycles. The Balaban J connectivity index is 1.99. The minimum atomic E-state index is -4.66. The molecule has 3 nitrogen and oxygen atoms in total. The highest BCUT2D eigenvalue weighted by Crippen LogP contribution is 2.27. The van der Waals surface area contributed by atoms with Crippen LogP contribution in [0.5, 0.6) is 5.75 Å². The number of ether oxygens (including phenoxy) is 3. The molecule has 1 aromatic carbocycles. The second kappa shape index (κ2) is 5.16. The summed E-state index contributed by atoms with van der Waals surface area (Å²) in [6.45, 7) is 2.80. The van der Waals surface area contributed by atoms with Gasteiger partial charge in [-0.1, -0.05) is 12.1 Å². The molecule has 0 N–H and O–H groups in total. The Hall–Kier alpha value is -1.27. The molecule has 0 amide bonds. The number of halogens is 3. The largest absolute Gasteiger partial charge is 0.573 e. The van der Waals surface area contributed by atoms with Crippen LogP contribution in [0, 0.1) is 0 Å². The van der Waals surface area contributed by atoms with Crippen molar-refractivity contribution in [3.05, 3.63) is 29.8 Å². The molecule has 1 fully saturated rings. The lowest BCUT2D eigenvalue weighted by molar-refractivity contribution is -0.274. The van der Waals surface area contributed by atoms with Crippen molar-refractivity contribution in [2.45, 2.75) is 25.5 Å². The molecule has 0 atom stereocenters. The standard InChI is InChI=1S/C12H13F3O3/c1-8-16-6-10(7-17-8)9-2-4-11(5-3-9)18-12(13,14)15/h2-5,8,10H,6-7H2,1H3.